The normalized spacial score (nSPS) is 15.1. The molecule has 24 heavy (non-hydrogen) atoms. The summed E-state index contributed by atoms with van der Waals surface area (Å²) in [6.45, 7) is 2.19. The fourth-order valence-electron chi connectivity index (χ4n) is 2.83. The van der Waals surface area contributed by atoms with E-state index in [9.17, 15) is 9.18 Å². The summed E-state index contributed by atoms with van der Waals surface area (Å²) in [5, 5.41) is 2.94. The summed E-state index contributed by atoms with van der Waals surface area (Å²) >= 11 is 0. The van der Waals surface area contributed by atoms with E-state index in [0.717, 1.165) is 37.2 Å². The Hall–Kier alpha value is -2.37. The number of nitrogens with one attached hydrogen (secondary N) is 1. The SMILES string of the molecule is O=C(NCCc1coc(-c2ccc(F)cc2)n1)N1CCCCCC1. The molecule has 0 saturated carbocycles. The predicted octanol–water partition coefficient (Wildman–Crippen LogP) is 3.61. The predicted molar refractivity (Wildman–Crippen MR) is 89.0 cm³/mol. The third kappa shape index (κ3) is 4.34. The number of aromatic nitrogens is 1. The highest BCUT2D eigenvalue weighted by atomic mass is 19.1. The fraction of sp³-hybridized carbons (Fsp3) is 0.444. The van der Waals surface area contributed by atoms with Crippen LogP contribution in [0.2, 0.25) is 0 Å². The molecule has 0 radical (unpaired) electrons. The van der Waals surface area contributed by atoms with Gasteiger partial charge in [-0.1, -0.05) is 12.8 Å². The van der Waals surface area contributed by atoms with E-state index < -0.39 is 0 Å². The van der Waals surface area contributed by atoms with Gasteiger partial charge in [0.1, 0.15) is 12.1 Å². The van der Waals surface area contributed by atoms with E-state index in [0.29, 0.717) is 18.9 Å². The number of carbonyl (C=O) groups is 1. The van der Waals surface area contributed by atoms with Gasteiger partial charge in [-0.25, -0.2) is 14.2 Å². The maximum Gasteiger partial charge on any atom is 0.317 e. The molecule has 0 atom stereocenters. The average molecular weight is 331 g/mol. The smallest absolute Gasteiger partial charge is 0.317 e. The van der Waals surface area contributed by atoms with Crippen molar-refractivity contribution in [1.29, 1.82) is 0 Å². The van der Waals surface area contributed by atoms with Crippen LogP contribution in [-0.4, -0.2) is 35.5 Å². The van der Waals surface area contributed by atoms with Crippen molar-refractivity contribution < 1.29 is 13.6 Å². The number of hydrogen-bond donors (Lipinski definition) is 1. The van der Waals surface area contributed by atoms with Crippen molar-refractivity contribution >= 4 is 6.03 Å². The second-order valence-electron chi connectivity index (χ2n) is 6.03. The molecule has 1 N–H and O–H groups in total. The van der Waals surface area contributed by atoms with Crippen LogP contribution >= 0.6 is 0 Å². The van der Waals surface area contributed by atoms with Gasteiger partial charge in [0.05, 0.1) is 5.69 Å². The summed E-state index contributed by atoms with van der Waals surface area (Å²) in [6, 6.07) is 6.01. The minimum atomic E-state index is -0.290. The van der Waals surface area contributed by atoms with Crippen LogP contribution < -0.4 is 5.32 Å². The Morgan fingerprint density at radius 2 is 1.88 bits per heavy atom. The molecule has 0 spiro atoms. The number of rotatable bonds is 4. The number of oxazole rings is 1. The highest BCUT2D eigenvalue weighted by Crippen LogP contribution is 2.19. The summed E-state index contributed by atoms with van der Waals surface area (Å²) in [5.74, 6) is 0.172. The molecule has 5 nitrogen and oxygen atoms in total. The van der Waals surface area contributed by atoms with Crippen molar-refractivity contribution in [3.8, 4) is 11.5 Å². The number of carbonyl (C=O) groups excluding carboxylic acids is 1. The summed E-state index contributed by atoms with van der Waals surface area (Å²) in [4.78, 5) is 18.4. The molecule has 0 aliphatic carbocycles. The first-order valence-corrected chi connectivity index (χ1v) is 8.45. The topological polar surface area (TPSA) is 58.4 Å². The molecule has 1 aliphatic heterocycles. The van der Waals surface area contributed by atoms with Gasteiger partial charge in [0.25, 0.3) is 0 Å². The molecule has 1 aromatic carbocycles. The summed E-state index contributed by atoms with van der Waals surface area (Å²) in [7, 11) is 0. The Morgan fingerprint density at radius 1 is 1.17 bits per heavy atom. The highest BCUT2D eigenvalue weighted by molar-refractivity contribution is 5.74. The lowest BCUT2D eigenvalue weighted by atomic mass is 10.2. The number of amides is 2. The van der Waals surface area contributed by atoms with Gasteiger partial charge in [-0.05, 0) is 37.1 Å². The van der Waals surface area contributed by atoms with Crippen LogP contribution in [0.5, 0.6) is 0 Å². The van der Waals surface area contributed by atoms with Gasteiger partial charge in [0.2, 0.25) is 5.89 Å². The monoisotopic (exact) mass is 331 g/mol. The molecular weight excluding hydrogens is 309 g/mol. The van der Waals surface area contributed by atoms with Gasteiger partial charge in [0.15, 0.2) is 0 Å². The Morgan fingerprint density at radius 3 is 2.58 bits per heavy atom. The standard InChI is InChI=1S/C18H22FN3O2/c19-15-7-5-14(6-8-15)17-21-16(13-24-17)9-10-20-18(23)22-11-3-1-2-4-12-22/h5-8,13H,1-4,9-12H2,(H,20,23). The van der Waals surface area contributed by atoms with Crippen molar-refractivity contribution in [2.45, 2.75) is 32.1 Å². The quantitative estimate of drug-likeness (QED) is 0.931. The van der Waals surface area contributed by atoms with Crippen molar-refractivity contribution in [3.63, 3.8) is 0 Å². The van der Waals surface area contributed by atoms with Gasteiger partial charge >= 0.3 is 6.03 Å². The lowest BCUT2D eigenvalue weighted by Crippen LogP contribution is -2.41. The summed E-state index contributed by atoms with van der Waals surface area (Å²) in [5.41, 5.74) is 1.50. The number of halogens is 1. The molecule has 2 heterocycles. The Labute approximate surface area is 140 Å². The number of nitrogens with zero attached hydrogens (tertiary/aromatic N) is 2. The largest absolute Gasteiger partial charge is 0.444 e. The molecule has 1 fully saturated rings. The molecule has 128 valence electrons. The average Bonchev–Trinajstić information content (AvgIpc) is 2.89. The van der Waals surface area contributed by atoms with Crippen molar-refractivity contribution in [2.24, 2.45) is 0 Å². The van der Waals surface area contributed by atoms with Gasteiger partial charge in [-0.2, -0.15) is 0 Å². The third-order valence-electron chi connectivity index (χ3n) is 4.19. The van der Waals surface area contributed by atoms with Crippen molar-refractivity contribution in [3.05, 3.63) is 42.0 Å². The van der Waals surface area contributed by atoms with E-state index in [1.165, 1.54) is 25.0 Å². The van der Waals surface area contributed by atoms with E-state index in [4.69, 9.17) is 4.42 Å². The summed E-state index contributed by atoms with van der Waals surface area (Å²) < 4.78 is 18.4. The van der Waals surface area contributed by atoms with Crippen LogP contribution in [0, 0.1) is 5.82 Å². The molecule has 0 bridgehead atoms. The molecular formula is C18H22FN3O2. The molecule has 6 heteroatoms. The van der Waals surface area contributed by atoms with Crippen molar-refractivity contribution in [2.75, 3.05) is 19.6 Å². The molecule has 1 aliphatic rings. The van der Waals surface area contributed by atoms with E-state index in [1.54, 1.807) is 18.4 Å². The van der Waals surface area contributed by atoms with Crippen molar-refractivity contribution in [1.82, 2.24) is 15.2 Å². The Kier molecular flexibility index (Phi) is 5.46. The second-order valence-corrected chi connectivity index (χ2v) is 6.03. The van der Waals surface area contributed by atoms with Crippen LogP contribution in [0.4, 0.5) is 9.18 Å². The fourth-order valence-corrected chi connectivity index (χ4v) is 2.83. The number of likely N-dealkylation sites (tertiary alicyclic amines) is 1. The van der Waals surface area contributed by atoms with Crippen LogP contribution in [0.15, 0.2) is 34.9 Å². The maximum atomic E-state index is 12.9. The Bertz CT molecular complexity index is 661. The molecule has 2 aromatic rings. The molecule has 3 rings (SSSR count). The van der Waals surface area contributed by atoms with E-state index in [2.05, 4.69) is 10.3 Å². The molecule has 1 saturated heterocycles. The van der Waals surface area contributed by atoms with Crippen LogP contribution in [-0.2, 0) is 6.42 Å². The minimum absolute atomic E-state index is 0.000784. The minimum Gasteiger partial charge on any atom is -0.444 e. The zero-order valence-corrected chi connectivity index (χ0v) is 13.6. The van der Waals surface area contributed by atoms with E-state index >= 15 is 0 Å². The zero-order valence-electron chi connectivity index (χ0n) is 13.6. The van der Waals surface area contributed by atoms with Crippen LogP contribution in [0.1, 0.15) is 31.4 Å². The summed E-state index contributed by atoms with van der Waals surface area (Å²) in [6.07, 6.45) is 6.75. The first kappa shape index (κ1) is 16.5. The van der Waals surface area contributed by atoms with Gasteiger partial charge < -0.3 is 14.6 Å². The van der Waals surface area contributed by atoms with Gasteiger partial charge in [0, 0.05) is 31.6 Å². The number of urea groups is 1. The number of benzene rings is 1. The van der Waals surface area contributed by atoms with Crippen LogP contribution in [0.25, 0.3) is 11.5 Å². The third-order valence-corrected chi connectivity index (χ3v) is 4.19. The maximum absolute atomic E-state index is 12.9. The van der Waals surface area contributed by atoms with E-state index in [1.807, 2.05) is 4.90 Å². The Balaban J connectivity index is 1.48. The van der Waals surface area contributed by atoms with Gasteiger partial charge in [-0.15, -0.1) is 0 Å². The highest BCUT2D eigenvalue weighted by Gasteiger charge is 2.15. The van der Waals surface area contributed by atoms with Gasteiger partial charge in [-0.3, -0.25) is 0 Å². The first-order chi connectivity index (χ1) is 11.7. The molecule has 1 aromatic heterocycles. The number of hydrogen-bond acceptors (Lipinski definition) is 3. The first-order valence-electron chi connectivity index (χ1n) is 8.45. The van der Waals surface area contributed by atoms with Crippen LogP contribution in [0.3, 0.4) is 0 Å². The van der Waals surface area contributed by atoms with E-state index in [-0.39, 0.29) is 11.8 Å². The molecule has 2 amide bonds. The molecule has 0 unspecified atom stereocenters. The lowest BCUT2D eigenvalue weighted by Gasteiger charge is -2.20. The second kappa shape index (κ2) is 7.95. The lowest BCUT2D eigenvalue weighted by molar-refractivity contribution is 0.200. The zero-order chi connectivity index (χ0) is 16.8.